The summed E-state index contributed by atoms with van der Waals surface area (Å²) >= 11 is 0. The molecule has 0 spiro atoms. The number of nitrogens with zero attached hydrogens (tertiary/aromatic N) is 3. The molecular formula is C15H19N3O2. The van der Waals surface area contributed by atoms with Crippen LogP contribution in [0, 0.1) is 11.8 Å². The van der Waals surface area contributed by atoms with Gasteiger partial charge in [0, 0.05) is 4.91 Å². The lowest BCUT2D eigenvalue weighted by Gasteiger charge is -2.20. The number of azide groups is 1. The van der Waals surface area contributed by atoms with Gasteiger partial charge in [0.05, 0.1) is 12.0 Å². The lowest BCUT2D eigenvalue weighted by molar-refractivity contribution is -0.145. The molecule has 0 N–H and O–H groups in total. The molecule has 3 atom stereocenters. The van der Waals surface area contributed by atoms with E-state index in [4.69, 9.17) is 10.3 Å². The lowest BCUT2D eigenvalue weighted by atomic mass is 9.91. The largest absolute Gasteiger partial charge is 0.462 e. The third-order valence-corrected chi connectivity index (χ3v) is 3.69. The molecule has 0 unspecified atom stereocenters. The molecule has 5 nitrogen and oxygen atoms in total. The van der Waals surface area contributed by atoms with Crippen molar-refractivity contribution >= 4 is 5.97 Å². The van der Waals surface area contributed by atoms with E-state index in [2.05, 4.69) is 10.0 Å². The minimum atomic E-state index is -0.299. The van der Waals surface area contributed by atoms with Gasteiger partial charge in [-0.05, 0) is 29.9 Å². The normalized spacial score (nSPS) is 23.2. The van der Waals surface area contributed by atoms with Gasteiger partial charge in [-0.1, -0.05) is 49.3 Å². The summed E-state index contributed by atoms with van der Waals surface area (Å²) in [7, 11) is 0. The van der Waals surface area contributed by atoms with Crippen LogP contribution in [0.2, 0.25) is 0 Å². The molecule has 5 heteroatoms. The zero-order chi connectivity index (χ0) is 14.5. The SMILES string of the molecule is CC(C)[C@H](N=[N+]=[N-])[C@@H]1C[C@@H](Cc2ccccc2)C(=O)O1. The van der Waals surface area contributed by atoms with Gasteiger partial charge in [-0.25, -0.2) is 0 Å². The average Bonchev–Trinajstić information content (AvgIpc) is 2.78. The Hall–Kier alpha value is -2.00. The standard InChI is InChI=1S/C15H19N3O2/c1-10(2)14(17-18-16)13-9-12(15(19)20-13)8-11-6-4-3-5-7-11/h3-7,10,12-14H,8-9H2,1-2H3/t12-,13+,14+/m1/s1. The van der Waals surface area contributed by atoms with Crippen LogP contribution < -0.4 is 0 Å². The highest BCUT2D eigenvalue weighted by Gasteiger charge is 2.39. The summed E-state index contributed by atoms with van der Waals surface area (Å²) in [5.41, 5.74) is 9.76. The van der Waals surface area contributed by atoms with Crippen LogP contribution in [0.25, 0.3) is 10.4 Å². The highest BCUT2D eigenvalue weighted by atomic mass is 16.6. The first-order chi connectivity index (χ1) is 9.61. The molecule has 0 aromatic heterocycles. The Morgan fingerprint density at radius 3 is 2.70 bits per heavy atom. The Morgan fingerprint density at radius 2 is 2.10 bits per heavy atom. The molecule has 0 aliphatic carbocycles. The van der Waals surface area contributed by atoms with E-state index in [0.717, 1.165) is 5.56 Å². The molecule has 1 aromatic rings. The molecule has 0 radical (unpaired) electrons. The predicted octanol–water partition coefficient (Wildman–Crippen LogP) is 3.50. The highest BCUT2D eigenvalue weighted by molar-refractivity contribution is 5.75. The van der Waals surface area contributed by atoms with Crippen LogP contribution in [0.3, 0.4) is 0 Å². The fourth-order valence-corrected chi connectivity index (χ4v) is 2.64. The third-order valence-electron chi connectivity index (χ3n) is 3.69. The maximum absolute atomic E-state index is 12.0. The van der Waals surface area contributed by atoms with Gasteiger partial charge in [0.2, 0.25) is 0 Å². The van der Waals surface area contributed by atoms with E-state index in [0.29, 0.717) is 12.8 Å². The Balaban J connectivity index is 2.05. The monoisotopic (exact) mass is 273 g/mol. The molecular weight excluding hydrogens is 254 g/mol. The summed E-state index contributed by atoms with van der Waals surface area (Å²) in [6.45, 7) is 3.94. The number of carbonyl (C=O) groups is 1. The van der Waals surface area contributed by atoms with Gasteiger partial charge in [-0.2, -0.15) is 0 Å². The van der Waals surface area contributed by atoms with Gasteiger partial charge in [0.15, 0.2) is 0 Å². The maximum Gasteiger partial charge on any atom is 0.309 e. The molecule has 106 valence electrons. The van der Waals surface area contributed by atoms with Crippen molar-refractivity contribution < 1.29 is 9.53 Å². The van der Waals surface area contributed by atoms with Gasteiger partial charge < -0.3 is 4.74 Å². The molecule has 1 heterocycles. The third kappa shape index (κ3) is 3.31. The fraction of sp³-hybridized carbons (Fsp3) is 0.533. The van der Waals surface area contributed by atoms with Crippen LogP contribution in [0.4, 0.5) is 0 Å². The molecule has 0 bridgehead atoms. The second-order valence-corrected chi connectivity index (χ2v) is 5.54. The quantitative estimate of drug-likeness (QED) is 0.356. The molecule has 2 rings (SSSR count). The van der Waals surface area contributed by atoms with Crippen LogP contribution in [-0.2, 0) is 16.0 Å². The topological polar surface area (TPSA) is 75.1 Å². The van der Waals surface area contributed by atoms with Crippen LogP contribution >= 0.6 is 0 Å². The van der Waals surface area contributed by atoms with Crippen molar-refractivity contribution in [1.29, 1.82) is 0 Å². The zero-order valence-electron chi connectivity index (χ0n) is 11.8. The van der Waals surface area contributed by atoms with Crippen molar-refractivity contribution in [3.05, 3.63) is 46.3 Å². The van der Waals surface area contributed by atoms with E-state index >= 15 is 0 Å². The molecule has 1 aliphatic heterocycles. The molecule has 1 aliphatic rings. The van der Waals surface area contributed by atoms with E-state index in [9.17, 15) is 4.79 Å². The number of hydrogen-bond donors (Lipinski definition) is 0. The molecule has 0 saturated carbocycles. The Bertz CT molecular complexity index is 509. The van der Waals surface area contributed by atoms with E-state index in [1.165, 1.54) is 0 Å². The zero-order valence-corrected chi connectivity index (χ0v) is 11.8. The number of ether oxygens (including phenoxy) is 1. The van der Waals surface area contributed by atoms with Crippen LogP contribution in [0.15, 0.2) is 35.4 Å². The van der Waals surface area contributed by atoms with Crippen LogP contribution in [-0.4, -0.2) is 18.1 Å². The summed E-state index contributed by atoms with van der Waals surface area (Å²) in [5, 5.41) is 3.78. The van der Waals surface area contributed by atoms with E-state index in [1.54, 1.807) is 0 Å². The summed E-state index contributed by atoms with van der Waals surface area (Å²) < 4.78 is 5.42. The number of rotatable bonds is 5. The smallest absolute Gasteiger partial charge is 0.309 e. The summed E-state index contributed by atoms with van der Waals surface area (Å²) in [6, 6.07) is 9.61. The Morgan fingerprint density at radius 1 is 1.40 bits per heavy atom. The number of carbonyl (C=O) groups excluding carboxylic acids is 1. The first-order valence-electron chi connectivity index (χ1n) is 6.90. The van der Waals surface area contributed by atoms with Gasteiger partial charge in [0.1, 0.15) is 6.10 Å². The van der Waals surface area contributed by atoms with Crippen molar-refractivity contribution in [2.75, 3.05) is 0 Å². The number of hydrogen-bond acceptors (Lipinski definition) is 3. The molecule has 1 fully saturated rings. The Kier molecular flexibility index (Phi) is 4.64. The first kappa shape index (κ1) is 14.4. The van der Waals surface area contributed by atoms with Gasteiger partial charge >= 0.3 is 5.97 Å². The number of esters is 1. The fourth-order valence-electron chi connectivity index (χ4n) is 2.64. The van der Waals surface area contributed by atoms with Gasteiger partial charge in [0.25, 0.3) is 0 Å². The maximum atomic E-state index is 12.0. The van der Waals surface area contributed by atoms with Crippen molar-refractivity contribution in [3.8, 4) is 0 Å². The number of cyclic esters (lactones) is 1. The first-order valence-corrected chi connectivity index (χ1v) is 6.90. The van der Waals surface area contributed by atoms with E-state index in [1.807, 2.05) is 44.2 Å². The second kappa shape index (κ2) is 6.44. The summed E-state index contributed by atoms with van der Waals surface area (Å²) in [4.78, 5) is 14.8. The minimum Gasteiger partial charge on any atom is -0.462 e. The number of benzene rings is 1. The predicted molar refractivity (Wildman–Crippen MR) is 75.9 cm³/mol. The Labute approximate surface area is 118 Å². The lowest BCUT2D eigenvalue weighted by Crippen LogP contribution is -2.28. The summed E-state index contributed by atoms with van der Waals surface area (Å²) in [5.74, 6) is -0.172. The second-order valence-electron chi connectivity index (χ2n) is 5.54. The van der Waals surface area contributed by atoms with Gasteiger partial charge in [-0.15, -0.1) is 0 Å². The minimum absolute atomic E-state index is 0.141. The summed E-state index contributed by atoms with van der Waals surface area (Å²) in [6.07, 6.45) is 0.999. The van der Waals surface area contributed by atoms with Crippen LogP contribution in [0.1, 0.15) is 25.8 Å². The van der Waals surface area contributed by atoms with Crippen molar-refractivity contribution in [1.82, 2.24) is 0 Å². The van der Waals surface area contributed by atoms with Crippen molar-refractivity contribution in [2.24, 2.45) is 17.0 Å². The van der Waals surface area contributed by atoms with Crippen LogP contribution in [0.5, 0.6) is 0 Å². The molecule has 20 heavy (non-hydrogen) atoms. The van der Waals surface area contributed by atoms with E-state index < -0.39 is 0 Å². The molecule has 1 saturated heterocycles. The van der Waals surface area contributed by atoms with E-state index in [-0.39, 0.29) is 30.0 Å². The van der Waals surface area contributed by atoms with Gasteiger partial charge in [-0.3, -0.25) is 4.79 Å². The molecule has 1 aromatic carbocycles. The van der Waals surface area contributed by atoms with Crippen molar-refractivity contribution in [3.63, 3.8) is 0 Å². The highest BCUT2D eigenvalue weighted by Crippen LogP contribution is 2.30. The van der Waals surface area contributed by atoms with Crippen molar-refractivity contribution in [2.45, 2.75) is 38.8 Å². The average molecular weight is 273 g/mol. The molecule has 0 amide bonds.